The molecule has 1 saturated carbocycles. The Bertz CT molecular complexity index is 833. The first-order valence-electron chi connectivity index (χ1n) is 9.45. The Hall–Kier alpha value is -3.00. The van der Waals surface area contributed by atoms with Gasteiger partial charge in [0.2, 0.25) is 0 Å². The zero-order chi connectivity index (χ0) is 18.7. The highest BCUT2D eigenvalue weighted by molar-refractivity contribution is 6.37. The molecular weight excluding hydrogens is 332 g/mol. The van der Waals surface area contributed by atoms with E-state index in [1.54, 1.807) is 0 Å². The van der Waals surface area contributed by atoms with Crippen LogP contribution in [0.2, 0.25) is 0 Å². The molecule has 1 aliphatic rings. The minimum atomic E-state index is -0.458. The van der Waals surface area contributed by atoms with Crippen molar-refractivity contribution in [1.29, 1.82) is 0 Å². The summed E-state index contributed by atoms with van der Waals surface area (Å²) in [5.41, 5.74) is 3.03. The molecule has 4 rings (SSSR count). The molecule has 0 N–H and O–H groups in total. The Morgan fingerprint density at radius 2 is 1.00 bits per heavy atom. The van der Waals surface area contributed by atoms with E-state index in [9.17, 15) is 9.59 Å². The third-order valence-electron chi connectivity index (χ3n) is 5.76. The fourth-order valence-corrected chi connectivity index (χ4v) is 4.56. The molecule has 1 aliphatic carbocycles. The first kappa shape index (κ1) is 17.4. The second-order valence-electron chi connectivity index (χ2n) is 7.19. The Labute approximate surface area is 159 Å². The van der Waals surface area contributed by atoms with E-state index in [1.165, 1.54) is 0 Å². The molecule has 0 bridgehead atoms. The van der Waals surface area contributed by atoms with Crippen molar-refractivity contribution in [3.63, 3.8) is 0 Å². The third kappa shape index (κ3) is 3.02. The van der Waals surface area contributed by atoms with E-state index < -0.39 is 5.41 Å². The lowest BCUT2D eigenvalue weighted by molar-refractivity contribution is -0.139. The quantitative estimate of drug-likeness (QED) is 0.490. The second kappa shape index (κ2) is 7.32. The van der Waals surface area contributed by atoms with Gasteiger partial charge in [-0.2, -0.15) is 0 Å². The van der Waals surface area contributed by atoms with Crippen molar-refractivity contribution < 1.29 is 9.59 Å². The summed E-state index contributed by atoms with van der Waals surface area (Å²) >= 11 is 0. The van der Waals surface area contributed by atoms with Crippen molar-refractivity contribution in [3.05, 3.63) is 108 Å². The van der Waals surface area contributed by atoms with Crippen LogP contribution in [0, 0.1) is 5.92 Å². The summed E-state index contributed by atoms with van der Waals surface area (Å²) in [6, 6.07) is 31.2. The maximum atomic E-state index is 12.4. The summed E-state index contributed by atoms with van der Waals surface area (Å²) < 4.78 is 0. The first-order chi connectivity index (χ1) is 13.2. The number of carbonyl (C=O) groups is 2. The number of carbonyl (C=O) groups excluding carboxylic acids is 2. The minimum Gasteiger partial charge on any atom is -0.291 e. The molecule has 0 aromatic heterocycles. The van der Waals surface area contributed by atoms with Gasteiger partial charge in [0.05, 0.1) is 0 Å². The van der Waals surface area contributed by atoms with Crippen LogP contribution >= 0.6 is 0 Å². The van der Waals surface area contributed by atoms with Crippen LogP contribution in [0.25, 0.3) is 0 Å². The van der Waals surface area contributed by atoms with E-state index in [-0.39, 0.29) is 23.9 Å². The predicted octanol–water partition coefficient (Wildman–Crippen LogP) is 4.96. The van der Waals surface area contributed by atoms with Gasteiger partial charge < -0.3 is 0 Å². The van der Waals surface area contributed by atoms with Crippen LogP contribution in [0.3, 0.4) is 0 Å². The molecule has 3 aromatic rings. The number of Topliss-reactive ketones (excluding diaryl/α,β-unsaturated/α-hetero) is 2. The van der Waals surface area contributed by atoms with E-state index in [4.69, 9.17) is 0 Å². The van der Waals surface area contributed by atoms with Crippen molar-refractivity contribution in [1.82, 2.24) is 0 Å². The summed E-state index contributed by atoms with van der Waals surface area (Å²) in [5, 5.41) is 0. The Morgan fingerprint density at radius 1 is 0.593 bits per heavy atom. The number of benzene rings is 3. The molecule has 1 atom stereocenters. The SMILES string of the molecule is O=C1CCC(C(c2ccccc2)(c2ccccc2)c2ccccc2)CC1=O. The molecule has 1 fully saturated rings. The average Bonchev–Trinajstić information content (AvgIpc) is 2.74. The van der Waals surface area contributed by atoms with Crippen LogP contribution in [0.5, 0.6) is 0 Å². The third-order valence-corrected chi connectivity index (χ3v) is 5.76. The molecule has 0 aliphatic heterocycles. The number of hydrogen-bond donors (Lipinski definition) is 0. The van der Waals surface area contributed by atoms with Gasteiger partial charge in [0, 0.05) is 18.3 Å². The largest absolute Gasteiger partial charge is 0.291 e. The molecule has 27 heavy (non-hydrogen) atoms. The predicted molar refractivity (Wildman–Crippen MR) is 107 cm³/mol. The standard InChI is InChI=1S/C25H22O2/c26-23-17-16-22(18-24(23)27)25(19-10-4-1-5-11-19,20-12-6-2-7-13-20)21-14-8-3-9-15-21/h1-15,22H,16-18H2. The number of ketones is 2. The van der Waals surface area contributed by atoms with Crippen molar-refractivity contribution in [3.8, 4) is 0 Å². The monoisotopic (exact) mass is 354 g/mol. The number of hydrogen-bond acceptors (Lipinski definition) is 2. The topological polar surface area (TPSA) is 34.1 Å². The van der Waals surface area contributed by atoms with Gasteiger partial charge in [-0.1, -0.05) is 91.0 Å². The minimum absolute atomic E-state index is 0.0369. The van der Waals surface area contributed by atoms with Crippen molar-refractivity contribution in [2.75, 3.05) is 0 Å². The molecule has 134 valence electrons. The van der Waals surface area contributed by atoms with Gasteiger partial charge in [-0.3, -0.25) is 9.59 Å². The van der Waals surface area contributed by atoms with Gasteiger partial charge in [-0.15, -0.1) is 0 Å². The van der Waals surface area contributed by atoms with Crippen LogP contribution in [0.1, 0.15) is 36.0 Å². The van der Waals surface area contributed by atoms with Crippen molar-refractivity contribution >= 4 is 11.6 Å². The lowest BCUT2D eigenvalue weighted by Gasteiger charge is -2.44. The first-order valence-corrected chi connectivity index (χ1v) is 9.45. The normalized spacial score (nSPS) is 17.7. The van der Waals surface area contributed by atoms with Crippen LogP contribution in [-0.2, 0) is 15.0 Å². The second-order valence-corrected chi connectivity index (χ2v) is 7.19. The molecule has 0 spiro atoms. The molecule has 3 aromatic carbocycles. The Kier molecular flexibility index (Phi) is 4.72. The van der Waals surface area contributed by atoms with Gasteiger partial charge in [0.15, 0.2) is 11.6 Å². The summed E-state index contributed by atoms with van der Waals surface area (Å²) in [4.78, 5) is 24.3. The van der Waals surface area contributed by atoms with Crippen LogP contribution in [0.15, 0.2) is 91.0 Å². The van der Waals surface area contributed by atoms with E-state index in [0.29, 0.717) is 12.8 Å². The molecule has 0 saturated heterocycles. The molecular formula is C25H22O2. The Balaban J connectivity index is 2.01. The Morgan fingerprint density at radius 3 is 1.37 bits per heavy atom. The van der Waals surface area contributed by atoms with E-state index in [2.05, 4.69) is 36.4 Å². The van der Waals surface area contributed by atoms with Crippen LogP contribution in [0.4, 0.5) is 0 Å². The van der Waals surface area contributed by atoms with Gasteiger partial charge in [-0.05, 0) is 29.0 Å². The van der Waals surface area contributed by atoms with E-state index in [1.807, 2.05) is 54.6 Å². The molecule has 1 unspecified atom stereocenters. The van der Waals surface area contributed by atoms with Gasteiger partial charge >= 0.3 is 0 Å². The maximum absolute atomic E-state index is 12.4. The molecule has 0 radical (unpaired) electrons. The highest BCUT2D eigenvalue weighted by Gasteiger charge is 2.46. The molecule has 2 heteroatoms. The number of rotatable bonds is 4. The van der Waals surface area contributed by atoms with Gasteiger partial charge in [-0.25, -0.2) is 0 Å². The fraction of sp³-hybridized carbons (Fsp3) is 0.200. The summed E-state index contributed by atoms with van der Waals surface area (Å²) in [5.74, 6) is -0.428. The lowest BCUT2D eigenvalue weighted by Crippen LogP contribution is -2.42. The highest BCUT2D eigenvalue weighted by atomic mass is 16.2. The maximum Gasteiger partial charge on any atom is 0.198 e. The summed E-state index contributed by atoms with van der Waals surface area (Å²) in [6.07, 6.45) is 1.33. The van der Waals surface area contributed by atoms with Gasteiger partial charge in [0.25, 0.3) is 0 Å². The van der Waals surface area contributed by atoms with Crippen molar-refractivity contribution in [2.24, 2.45) is 5.92 Å². The molecule has 0 heterocycles. The van der Waals surface area contributed by atoms with Crippen LogP contribution in [-0.4, -0.2) is 11.6 Å². The molecule has 2 nitrogen and oxygen atoms in total. The van der Waals surface area contributed by atoms with E-state index in [0.717, 1.165) is 16.7 Å². The smallest absolute Gasteiger partial charge is 0.198 e. The van der Waals surface area contributed by atoms with Crippen molar-refractivity contribution in [2.45, 2.75) is 24.7 Å². The zero-order valence-corrected chi connectivity index (χ0v) is 15.2. The van der Waals surface area contributed by atoms with Crippen LogP contribution < -0.4 is 0 Å². The molecule has 0 amide bonds. The lowest BCUT2D eigenvalue weighted by atomic mass is 9.58. The average molecular weight is 354 g/mol. The van der Waals surface area contributed by atoms with E-state index >= 15 is 0 Å². The summed E-state index contributed by atoms with van der Waals surface area (Å²) in [6.45, 7) is 0. The van der Waals surface area contributed by atoms with Gasteiger partial charge in [0.1, 0.15) is 0 Å². The fourth-order valence-electron chi connectivity index (χ4n) is 4.56. The summed E-state index contributed by atoms with van der Waals surface area (Å²) in [7, 11) is 0. The highest BCUT2D eigenvalue weighted by Crippen LogP contribution is 2.49. The zero-order valence-electron chi connectivity index (χ0n) is 15.2.